The van der Waals surface area contributed by atoms with E-state index >= 15 is 0 Å². The second kappa shape index (κ2) is 13.7. The molecule has 0 aliphatic heterocycles. The molecular formula is C26H17F12O4Zr. The summed E-state index contributed by atoms with van der Waals surface area (Å²) in [5.41, 5.74) is -7.46. The van der Waals surface area contributed by atoms with E-state index in [1.54, 1.807) is 0 Å². The molecule has 0 saturated carbocycles. The van der Waals surface area contributed by atoms with Crippen molar-refractivity contribution in [2.45, 2.75) is 46.6 Å². The van der Waals surface area contributed by atoms with E-state index in [9.17, 15) is 52.7 Å². The van der Waals surface area contributed by atoms with E-state index in [-0.39, 0.29) is 25.2 Å². The zero-order valence-electron chi connectivity index (χ0n) is 22.0. The van der Waals surface area contributed by atoms with E-state index in [1.165, 1.54) is 0 Å². The van der Waals surface area contributed by atoms with Gasteiger partial charge in [-0.25, -0.2) is 0 Å². The standard InChI is InChI=1S/C26H17F12O4.Zr/c1-8-14(27)20(33)11(21(34)15(8)28)4-40-26(7-39,41-5-12-22(35)16(29)9(2)17(30)23(12)36)42-6-13-24(37)18(31)10(3)19(32)25(13)38;/h4-7H2,1-3H3;/q-1;+1. The van der Waals surface area contributed by atoms with Crippen LogP contribution in [-0.4, -0.2) is 12.6 Å². The van der Waals surface area contributed by atoms with Crippen LogP contribution in [0.3, 0.4) is 0 Å². The van der Waals surface area contributed by atoms with Crippen molar-refractivity contribution in [1.29, 1.82) is 0 Å². The summed E-state index contributed by atoms with van der Waals surface area (Å²) in [6.07, 6.45) is 0. The summed E-state index contributed by atoms with van der Waals surface area (Å²) in [6.45, 7) is -3.60. The average molecular weight is 713 g/mol. The fourth-order valence-electron chi connectivity index (χ4n) is 3.63. The molecule has 3 aromatic rings. The van der Waals surface area contributed by atoms with E-state index in [2.05, 4.69) is 0 Å². The maximum atomic E-state index is 14.5. The topological polar surface area (TPSA) is 36.9 Å². The van der Waals surface area contributed by atoms with Crippen molar-refractivity contribution in [3.8, 4) is 0 Å². The molecule has 0 spiro atoms. The third kappa shape index (κ3) is 6.65. The number of hydrogen-bond acceptors (Lipinski definition) is 4. The first-order chi connectivity index (χ1) is 20.0. The van der Waals surface area contributed by atoms with Crippen molar-refractivity contribution in [2.24, 2.45) is 0 Å². The van der Waals surface area contributed by atoms with E-state index in [0.29, 0.717) is 20.8 Å². The Morgan fingerprint density at radius 2 is 0.628 bits per heavy atom. The van der Waals surface area contributed by atoms with Gasteiger partial charge in [0, 0.05) is 0 Å². The average Bonchev–Trinajstić information content (AvgIpc) is 2.98. The fraction of sp³-hybridized carbons (Fsp3) is 0.308. The van der Waals surface area contributed by atoms with Crippen LogP contribution in [0.2, 0.25) is 0 Å². The van der Waals surface area contributed by atoms with Crippen LogP contribution in [-0.2, 0) is 62.0 Å². The van der Waals surface area contributed by atoms with Crippen molar-refractivity contribution in [2.75, 3.05) is 6.61 Å². The van der Waals surface area contributed by atoms with Crippen LogP contribution in [0, 0.1) is 90.6 Å². The van der Waals surface area contributed by atoms with E-state index < -0.39 is 136 Å². The maximum absolute atomic E-state index is 14.5. The van der Waals surface area contributed by atoms with Gasteiger partial charge in [-0.15, -0.1) is 0 Å². The van der Waals surface area contributed by atoms with Gasteiger partial charge in [-0.1, -0.05) is 0 Å². The molecule has 0 heterocycles. The summed E-state index contributed by atoms with van der Waals surface area (Å²) < 4.78 is 192. The van der Waals surface area contributed by atoms with Crippen LogP contribution in [0.1, 0.15) is 33.4 Å². The number of ether oxygens (including phenoxy) is 3. The second-order valence-corrected chi connectivity index (χ2v) is 9.63. The molecule has 233 valence electrons. The quantitative estimate of drug-likeness (QED) is 0.118. The Kier molecular flexibility index (Phi) is 11.1. The molecule has 0 atom stereocenters. The number of halogens is 12. The van der Waals surface area contributed by atoms with Gasteiger partial charge in [0.15, 0.2) is 0 Å². The molecular weight excluding hydrogens is 695 g/mol. The van der Waals surface area contributed by atoms with Gasteiger partial charge >= 0.3 is 251 Å². The first-order valence-electron chi connectivity index (χ1n) is 11.7. The van der Waals surface area contributed by atoms with Crippen LogP contribution in [0.4, 0.5) is 52.7 Å². The fourth-order valence-corrected chi connectivity index (χ4v) is 4.06. The molecule has 0 bridgehead atoms. The molecule has 0 aromatic heterocycles. The molecule has 0 aliphatic rings. The van der Waals surface area contributed by atoms with Gasteiger partial charge in [0.1, 0.15) is 0 Å². The molecule has 43 heavy (non-hydrogen) atoms. The predicted octanol–water partition coefficient (Wildman–Crippen LogP) is 7.36. The number of rotatable bonds is 11. The van der Waals surface area contributed by atoms with Crippen LogP contribution in [0.15, 0.2) is 0 Å². The van der Waals surface area contributed by atoms with E-state index in [0.717, 1.165) is 0 Å². The number of hydrogen-bond donors (Lipinski definition) is 0. The first-order valence-corrected chi connectivity index (χ1v) is 12.7. The predicted molar refractivity (Wildman–Crippen MR) is 116 cm³/mol. The summed E-state index contributed by atoms with van der Waals surface area (Å²) in [5, 5.41) is 0. The van der Waals surface area contributed by atoms with Crippen molar-refractivity contribution in [3.63, 3.8) is 0 Å². The van der Waals surface area contributed by atoms with Gasteiger partial charge < -0.3 is 0 Å². The minimum absolute atomic E-state index is 0.135. The molecule has 0 N–H and O–H groups in total. The third-order valence-corrected chi connectivity index (χ3v) is 6.63. The monoisotopic (exact) mass is 711 g/mol. The minimum atomic E-state index is -3.12. The molecule has 0 amide bonds. The van der Waals surface area contributed by atoms with Gasteiger partial charge in [0.05, 0.1) is 0 Å². The van der Waals surface area contributed by atoms with Gasteiger partial charge in [0.25, 0.3) is 0 Å². The zero-order chi connectivity index (χ0) is 32.5. The van der Waals surface area contributed by atoms with Gasteiger partial charge in [0.2, 0.25) is 0 Å². The molecule has 0 saturated heterocycles. The van der Waals surface area contributed by atoms with Crippen molar-refractivity contribution >= 4 is 0 Å². The molecule has 0 radical (unpaired) electrons. The third-order valence-electron chi connectivity index (χ3n) is 6.28. The molecule has 3 rings (SSSR count). The van der Waals surface area contributed by atoms with Crippen LogP contribution < -0.4 is 0 Å². The van der Waals surface area contributed by atoms with Gasteiger partial charge in [-0.3, -0.25) is 0 Å². The first kappa shape index (κ1) is 35.0. The Morgan fingerprint density at radius 1 is 0.419 bits per heavy atom. The van der Waals surface area contributed by atoms with Gasteiger partial charge in [-0.2, -0.15) is 0 Å². The molecule has 0 fully saturated rings. The normalized spacial score (nSPS) is 12.0. The molecule has 3 aromatic carbocycles. The van der Waals surface area contributed by atoms with Crippen LogP contribution >= 0.6 is 0 Å². The second-order valence-electron chi connectivity index (χ2n) is 8.92. The Bertz CT molecular complexity index is 1300. The summed E-state index contributed by atoms with van der Waals surface area (Å²) >= 11 is 0.135. The van der Waals surface area contributed by atoms with E-state index in [4.69, 9.17) is 17.0 Å². The van der Waals surface area contributed by atoms with Gasteiger partial charge in [-0.05, 0) is 0 Å². The Labute approximate surface area is 250 Å². The van der Waals surface area contributed by atoms with Crippen molar-refractivity contribution < 1.29 is 94.9 Å². The summed E-state index contributed by atoms with van der Waals surface area (Å²) in [4.78, 5) is 0. The molecule has 0 aliphatic carbocycles. The zero-order valence-corrected chi connectivity index (χ0v) is 24.5. The Morgan fingerprint density at radius 3 is 0.814 bits per heavy atom. The molecule has 17 heteroatoms. The molecule has 4 nitrogen and oxygen atoms in total. The SMILES string of the molecule is Cc1c(F)c(F)c(COC(C[O][Zr])(OCc2c(F)c(F)c(C)c(F)c2F)OCc2c(F)c(F)c(C)c(F)c2F)c(F)c1F. The van der Waals surface area contributed by atoms with Crippen molar-refractivity contribution in [1.82, 2.24) is 0 Å². The van der Waals surface area contributed by atoms with E-state index in [1.807, 2.05) is 0 Å². The van der Waals surface area contributed by atoms with Crippen LogP contribution in [0.5, 0.6) is 0 Å². The summed E-state index contributed by atoms with van der Waals surface area (Å²) in [7, 11) is 0. The number of benzene rings is 3. The Balaban J connectivity index is 2.10. The Hall–Kier alpha value is -2.46. The molecule has 0 unspecified atom stereocenters. The van der Waals surface area contributed by atoms with Crippen molar-refractivity contribution in [3.05, 3.63) is 103 Å². The summed E-state index contributed by atoms with van der Waals surface area (Å²) in [5.74, 6) is -26.0. The summed E-state index contributed by atoms with van der Waals surface area (Å²) in [6, 6.07) is 0. The van der Waals surface area contributed by atoms with Crippen LogP contribution in [0.25, 0.3) is 0 Å².